The molecule has 1 aromatic heterocycles. The van der Waals surface area contributed by atoms with Crippen LogP contribution < -0.4 is 15.8 Å². The van der Waals surface area contributed by atoms with Crippen LogP contribution in [0.5, 0.6) is 11.6 Å². The van der Waals surface area contributed by atoms with Crippen molar-refractivity contribution >= 4 is 23.1 Å². The average molecular weight is 456 g/mol. The number of aromatic hydroxyl groups is 1. The number of aliphatic imine (C=N–C) groups is 1. The van der Waals surface area contributed by atoms with Crippen LogP contribution in [0.25, 0.3) is 0 Å². The third kappa shape index (κ3) is 5.78. The van der Waals surface area contributed by atoms with Crippen molar-refractivity contribution in [2.24, 2.45) is 4.99 Å². The molecule has 0 bridgehead atoms. The maximum Gasteiger partial charge on any atom is 0.248 e. The van der Waals surface area contributed by atoms with Gasteiger partial charge in [0.05, 0.1) is 5.71 Å². The zero-order valence-corrected chi connectivity index (χ0v) is 19.6. The largest absolute Gasteiger partial charge is 0.508 e. The monoisotopic (exact) mass is 455 g/mol. The van der Waals surface area contributed by atoms with E-state index in [0.717, 1.165) is 29.7 Å². The summed E-state index contributed by atoms with van der Waals surface area (Å²) in [6, 6.07) is 5.83. The van der Waals surface area contributed by atoms with Gasteiger partial charge in [-0.05, 0) is 51.2 Å². The van der Waals surface area contributed by atoms with Gasteiger partial charge in [-0.1, -0.05) is 31.4 Å². The maximum atomic E-state index is 10.6. The first kappa shape index (κ1) is 24.4. The third-order valence-corrected chi connectivity index (χ3v) is 5.89. The molecule has 2 heterocycles. The molecule has 0 radical (unpaired) electrons. The molecular weight excluding hydrogens is 422 g/mol. The number of fused-ring (bicyclic) bond motifs is 1. The fraction of sp³-hybridized carbons (Fsp3) is 0.500. The Hall–Kier alpha value is -3.20. The van der Waals surface area contributed by atoms with Gasteiger partial charge in [0.1, 0.15) is 23.8 Å². The molecule has 1 saturated carbocycles. The number of carbonyl (C=O) groups is 1. The number of ether oxygens (including phenoxy) is 1. The molecule has 0 spiro atoms. The van der Waals surface area contributed by atoms with Crippen LogP contribution in [-0.4, -0.2) is 51.1 Å². The van der Waals surface area contributed by atoms with Crippen LogP contribution in [0.3, 0.4) is 0 Å². The quantitative estimate of drug-likeness (QED) is 0.557. The van der Waals surface area contributed by atoms with E-state index in [1.165, 1.54) is 33.2 Å². The number of likely N-dealkylation sites (N-methyl/N-ethyl adjacent to an activating group) is 1. The number of hydrogen-bond acceptors (Lipinski definition) is 8. The van der Waals surface area contributed by atoms with E-state index >= 15 is 0 Å². The number of aliphatic hydroxyl groups excluding tert-OH is 1. The highest BCUT2D eigenvalue weighted by Gasteiger charge is 2.27. The van der Waals surface area contributed by atoms with Crippen molar-refractivity contribution in [3.63, 3.8) is 0 Å². The highest BCUT2D eigenvalue weighted by molar-refractivity contribution is 6.07. The number of anilines is 1. The summed E-state index contributed by atoms with van der Waals surface area (Å²) in [5.41, 5.74) is 9.05. The second kappa shape index (κ2) is 10.6. The summed E-state index contributed by atoms with van der Waals surface area (Å²) in [4.78, 5) is 23.2. The first-order chi connectivity index (χ1) is 15.7. The minimum absolute atomic E-state index is 0.281. The Bertz CT molecular complexity index is 1030. The van der Waals surface area contributed by atoms with Crippen molar-refractivity contribution in [3.8, 4) is 11.6 Å². The number of carbonyl (C=O) groups excluding carboxylic acids is 1. The first-order valence-corrected chi connectivity index (χ1v) is 11.3. The Kier molecular flexibility index (Phi) is 7.86. The van der Waals surface area contributed by atoms with Crippen molar-refractivity contribution in [1.82, 2.24) is 15.3 Å². The van der Waals surface area contributed by atoms with Crippen LogP contribution in [0.1, 0.15) is 68.8 Å². The number of benzene rings is 1. The Labute approximate surface area is 194 Å². The molecule has 9 nitrogen and oxygen atoms in total. The number of aromatic nitrogens is 2. The number of nitrogens with two attached hydrogens (primary N) is 1. The number of nitrogens with one attached hydrogen (secondary N) is 1. The zero-order valence-electron chi connectivity index (χ0n) is 19.6. The fourth-order valence-corrected chi connectivity index (χ4v) is 4.15. The number of phenolic OH excluding ortho intramolecular Hbond substituents is 1. The molecule has 1 aliphatic carbocycles. The van der Waals surface area contributed by atoms with Crippen molar-refractivity contribution in [1.29, 1.82) is 0 Å². The zero-order chi connectivity index (χ0) is 24.1. The number of rotatable bonds is 3. The molecule has 1 amide bonds. The lowest BCUT2D eigenvalue weighted by Crippen LogP contribution is -2.28. The van der Waals surface area contributed by atoms with Gasteiger partial charge in [0.15, 0.2) is 11.5 Å². The predicted molar refractivity (Wildman–Crippen MR) is 127 cm³/mol. The normalized spacial score (nSPS) is 18.7. The SMILES string of the molecule is CNC(=O)C(C)O.Cc1nc(N)c2c(n1)OC(C)C(c1ccc(C3CCCCC3)c(O)c1)=N2. The van der Waals surface area contributed by atoms with Gasteiger partial charge in [0.25, 0.3) is 0 Å². The van der Waals surface area contributed by atoms with E-state index in [4.69, 9.17) is 15.6 Å². The highest BCUT2D eigenvalue weighted by Crippen LogP contribution is 2.39. The van der Waals surface area contributed by atoms with Crippen LogP contribution >= 0.6 is 0 Å². The lowest BCUT2D eigenvalue weighted by Gasteiger charge is -2.25. The molecule has 2 aliphatic rings. The van der Waals surface area contributed by atoms with Gasteiger partial charge in [-0.2, -0.15) is 4.98 Å². The number of amides is 1. The summed E-state index contributed by atoms with van der Waals surface area (Å²) >= 11 is 0. The molecule has 5 N–H and O–H groups in total. The summed E-state index contributed by atoms with van der Waals surface area (Å²) in [6.45, 7) is 5.10. The van der Waals surface area contributed by atoms with Crippen LogP contribution in [-0.2, 0) is 4.79 Å². The molecule has 2 unspecified atom stereocenters. The predicted octanol–water partition coefficient (Wildman–Crippen LogP) is 3.14. The number of nitrogens with zero attached hydrogens (tertiary/aromatic N) is 3. The molecule has 0 saturated heterocycles. The Morgan fingerprint density at radius 1 is 1.24 bits per heavy atom. The minimum atomic E-state index is -0.884. The molecular formula is C24H33N5O4. The molecule has 2 atom stereocenters. The van der Waals surface area contributed by atoms with E-state index in [1.807, 2.05) is 19.1 Å². The van der Waals surface area contributed by atoms with Gasteiger partial charge in [-0.25, -0.2) is 9.98 Å². The number of aliphatic hydroxyl groups is 1. The standard InChI is InChI=1S/C20H24N4O2.C4H9NO2/c1-11-17(24-18-19(21)22-12(2)23-20(18)26-11)14-8-9-15(16(25)10-14)13-6-4-3-5-7-13;1-3(6)4(7)5-2/h8-11,13,25H,3-7H2,1-2H3,(H2,21,22,23);3,6H,1-2H3,(H,5,7). The topological polar surface area (TPSA) is 143 Å². The number of hydrogen-bond donors (Lipinski definition) is 4. The average Bonchev–Trinajstić information content (AvgIpc) is 2.78. The molecule has 1 aromatic carbocycles. The van der Waals surface area contributed by atoms with Crippen LogP contribution in [0, 0.1) is 6.92 Å². The molecule has 33 heavy (non-hydrogen) atoms. The van der Waals surface area contributed by atoms with Crippen LogP contribution in [0.4, 0.5) is 11.5 Å². The van der Waals surface area contributed by atoms with Crippen molar-refractivity contribution in [2.75, 3.05) is 12.8 Å². The van der Waals surface area contributed by atoms with Crippen LogP contribution in [0.2, 0.25) is 0 Å². The second-order valence-corrected chi connectivity index (χ2v) is 8.47. The highest BCUT2D eigenvalue weighted by atomic mass is 16.5. The van der Waals surface area contributed by atoms with E-state index < -0.39 is 6.10 Å². The maximum absolute atomic E-state index is 10.6. The van der Waals surface area contributed by atoms with Gasteiger partial charge >= 0.3 is 0 Å². The van der Waals surface area contributed by atoms with E-state index in [1.54, 1.807) is 13.0 Å². The van der Waals surface area contributed by atoms with Crippen LogP contribution in [0.15, 0.2) is 23.2 Å². The first-order valence-electron chi connectivity index (χ1n) is 11.3. The van der Waals surface area contributed by atoms with E-state index in [9.17, 15) is 9.90 Å². The van der Waals surface area contributed by atoms with E-state index in [2.05, 4.69) is 20.3 Å². The summed E-state index contributed by atoms with van der Waals surface area (Å²) in [5.74, 6) is 1.71. The molecule has 1 aliphatic heterocycles. The van der Waals surface area contributed by atoms with Gasteiger partial charge in [-0.3, -0.25) is 4.79 Å². The summed E-state index contributed by atoms with van der Waals surface area (Å²) in [6.07, 6.45) is 4.89. The summed E-state index contributed by atoms with van der Waals surface area (Å²) in [7, 11) is 1.48. The number of phenols is 1. The fourth-order valence-electron chi connectivity index (χ4n) is 4.15. The van der Waals surface area contributed by atoms with Gasteiger partial charge in [0.2, 0.25) is 11.8 Å². The molecule has 2 aromatic rings. The molecule has 4 rings (SSSR count). The van der Waals surface area contributed by atoms with Gasteiger partial charge in [-0.15, -0.1) is 0 Å². The third-order valence-electron chi connectivity index (χ3n) is 5.89. The van der Waals surface area contributed by atoms with E-state index in [0.29, 0.717) is 34.9 Å². The van der Waals surface area contributed by atoms with E-state index in [-0.39, 0.29) is 12.0 Å². The smallest absolute Gasteiger partial charge is 0.248 e. The van der Waals surface area contributed by atoms with Crippen molar-refractivity contribution < 1.29 is 19.7 Å². The second-order valence-electron chi connectivity index (χ2n) is 8.47. The van der Waals surface area contributed by atoms with Crippen molar-refractivity contribution in [2.45, 2.75) is 71.0 Å². The molecule has 9 heteroatoms. The summed E-state index contributed by atoms with van der Waals surface area (Å²) < 4.78 is 5.90. The van der Waals surface area contributed by atoms with Crippen molar-refractivity contribution in [3.05, 3.63) is 35.2 Å². The number of nitrogen functional groups attached to an aromatic ring is 1. The Morgan fingerprint density at radius 3 is 2.52 bits per heavy atom. The number of aryl methyl sites for hydroxylation is 1. The molecule has 1 fully saturated rings. The van der Waals surface area contributed by atoms with Gasteiger partial charge < -0.3 is 26.0 Å². The minimum Gasteiger partial charge on any atom is -0.508 e. The molecule has 178 valence electrons. The lowest BCUT2D eigenvalue weighted by molar-refractivity contribution is -0.127. The lowest BCUT2D eigenvalue weighted by atomic mass is 9.83. The Morgan fingerprint density at radius 2 is 1.94 bits per heavy atom. The Balaban J connectivity index is 0.000000383. The summed E-state index contributed by atoms with van der Waals surface area (Å²) in [5, 5.41) is 21.3. The van der Waals surface area contributed by atoms with Gasteiger partial charge in [0, 0.05) is 12.6 Å².